The molecule has 0 aliphatic rings. The van der Waals surface area contributed by atoms with Crippen LogP contribution in [-0.2, 0) is 4.79 Å². The lowest BCUT2D eigenvalue weighted by molar-refractivity contribution is -0.140. The largest absolute Gasteiger partial charge is 0.481 e. The van der Waals surface area contributed by atoms with Gasteiger partial charge >= 0.3 is 5.97 Å². The van der Waals surface area contributed by atoms with E-state index in [1.807, 2.05) is 13.8 Å². The minimum atomic E-state index is -0.741. The first kappa shape index (κ1) is 13.1. The summed E-state index contributed by atoms with van der Waals surface area (Å²) in [5.74, 6) is -0.532. The minimum Gasteiger partial charge on any atom is -0.481 e. The zero-order chi connectivity index (χ0) is 9.44. The van der Waals surface area contributed by atoms with Gasteiger partial charge in [0.25, 0.3) is 0 Å². The van der Waals surface area contributed by atoms with Crippen molar-refractivity contribution in [3.05, 3.63) is 0 Å². The normalized spacial score (nSPS) is 9.36. The quantitative estimate of drug-likeness (QED) is 0.644. The highest BCUT2D eigenvalue weighted by atomic mass is 16.4. The number of hydrogen-bond donors (Lipinski definition) is 2. The summed E-state index contributed by atoms with van der Waals surface area (Å²) in [5.41, 5.74) is 0. The van der Waals surface area contributed by atoms with Gasteiger partial charge in [-0.25, -0.2) is 0 Å². The molecule has 2 N–H and O–H groups in total. The molecule has 0 fully saturated rings. The Morgan fingerprint density at radius 3 is 1.45 bits per heavy atom. The summed E-state index contributed by atoms with van der Waals surface area (Å²) in [6.45, 7) is 7.53. The molecule has 11 heavy (non-hydrogen) atoms. The highest BCUT2D eigenvalue weighted by molar-refractivity contribution is 5.68. The fourth-order valence-corrected chi connectivity index (χ4v) is 0. The summed E-state index contributed by atoms with van der Waals surface area (Å²) >= 11 is 0. The standard InChI is InChI=1S/C4H8O2.C4H10O/c1-3(2)4(5)6;1-4(2)3-5/h3H,1-2H3,(H,5,6);4-5H,3H2,1-2H3. The summed E-state index contributed by atoms with van der Waals surface area (Å²) in [4.78, 5) is 9.70. The molecule has 0 atom stereocenters. The van der Waals surface area contributed by atoms with Crippen molar-refractivity contribution in [3.8, 4) is 0 Å². The zero-order valence-corrected chi connectivity index (χ0v) is 7.66. The number of aliphatic carboxylic acids is 1. The van der Waals surface area contributed by atoms with Crippen LogP contribution in [0, 0.1) is 11.8 Å². The number of carboxylic acid groups (broad SMARTS) is 1. The third kappa shape index (κ3) is 17.7. The molecular formula is C8H18O3. The van der Waals surface area contributed by atoms with Crippen molar-refractivity contribution < 1.29 is 15.0 Å². The summed E-state index contributed by atoms with van der Waals surface area (Å²) < 4.78 is 0. The van der Waals surface area contributed by atoms with Crippen molar-refractivity contribution in [2.75, 3.05) is 6.61 Å². The number of rotatable bonds is 2. The topological polar surface area (TPSA) is 57.5 Å². The maximum atomic E-state index is 9.70. The van der Waals surface area contributed by atoms with E-state index >= 15 is 0 Å². The Morgan fingerprint density at radius 1 is 1.27 bits per heavy atom. The van der Waals surface area contributed by atoms with Gasteiger partial charge in [0.05, 0.1) is 5.92 Å². The van der Waals surface area contributed by atoms with Crippen LogP contribution in [0.2, 0.25) is 0 Å². The van der Waals surface area contributed by atoms with E-state index in [-0.39, 0.29) is 5.92 Å². The predicted octanol–water partition coefficient (Wildman–Crippen LogP) is 1.36. The lowest BCUT2D eigenvalue weighted by Crippen LogP contribution is -2.03. The van der Waals surface area contributed by atoms with Gasteiger partial charge in [0.2, 0.25) is 0 Å². The molecule has 3 nitrogen and oxygen atoms in total. The highest BCUT2D eigenvalue weighted by Crippen LogP contribution is 1.87. The Labute approximate surface area is 68.0 Å². The Bertz CT molecular complexity index is 97.5. The summed E-state index contributed by atoms with van der Waals surface area (Å²) in [6, 6.07) is 0. The van der Waals surface area contributed by atoms with E-state index in [1.54, 1.807) is 13.8 Å². The molecule has 0 heterocycles. The molecule has 0 aromatic rings. The molecule has 0 radical (unpaired) electrons. The van der Waals surface area contributed by atoms with Gasteiger partial charge in [-0.3, -0.25) is 4.79 Å². The first-order valence-electron chi connectivity index (χ1n) is 3.75. The molecule has 0 amide bonds. The van der Waals surface area contributed by atoms with E-state index in [4.69, 9.17) is 10.2 Å². The van der Waals surface area contributed by atoms with Crippen LogP contribution in [0.1, 0.15) is 27.7 Å². The summed E-state index contributed by atoms with van der Waals surface area (Å²) in [6.07, 6.45) is 0. The van der Waals surface area contributed by atoms with Crippen molar-refractivity contribution in [2.24, 2.45) is 11.8 Å². The first-order chi connectivity index (χ1) is 4.91. The molecule has 68 valence electrons. The molecule has 0 aliphatic heterocycles. The average molecular weight is 162 g/mol. The molecular weight excluding hydrogens is 144 g/mol. The Morgan fingerprint density at radius 2 is 1.45 bits per heavy atom. The lowest BCUT2D eigenvalue weighted by atomic mass is 10.2. The van der Waals surface area contributed by atoms with Crippen LogP contribution in [0.4, 0.5) is 0 Å². The number of carbonyl (C=O) groups is 1. The van der Waals surface area contributed by atoms with E-state index < -0.39 is 5.97 Å². The Balaban J connectivity index is 0. The average Bonchev–Trinajstić information content (AvgIpc) is 1.89. The predicted molar refractivity (Wildman–Crippen MR) is 44.4 cm³/mol. The second kappa shape index (κ2) is 7.54. The number of aliphatic hydroxyl groups excluding tert-OH is 1. The van der Waals surface area contributed by atoms with Crippen LogP contribution in [0.25, 0.3) is 0 Å². The van der Waals surface area contributed by atoms with Gasteiger partial charge in [-0.2, -0.15) is 0 Å². The van der Waals surface area contributed by atoms with Crippen LogP contribution in [0.5, 0.6) is 0 Å². The maximum absolute atomic E-state index is 9.70. The van der Waals surface area contributed by atoms with E-state index in [9.17, 15) is 4.79 Å². The van der Waals surface area contributed by atoms with E-state index in [0.29, 0.717) is 12.5 Å². The molecule has 0 unspecified atom stereocenters. The van der Waals surface area contributed by atoms with Crippen LogP contribution in [-0.4, -0.2) is 22.8 Å². The lowest BCUT2D eigenvalue weighted by Gasteiger charge is -1.90. The summed E-state index contributed by atoms with van der Waals surface area (Å²) in [5, 5.41) is 16.1. The molecule has 0 saturated heterocycles. The van der Waals surface area contributed by atoms with Crippen molar-refractivity contribution in [3.63, 3.8) is 0 Å². The Hall–Kier alpha value is -0.570. The third-order valence-corrected chi connectivity index (χ3v) is 0.859. The van der Waals surface area contributed by atoms with Gasteiger partial charge in [0.1, 0.15) is 0 Å². The highest BCUT2D eigenvalue weighted by Gasteiger charge is 1.99. The zero-order valence-electron chi connectivity index (χ0n) is 7.66. The van der Waals surface area contributed by atoms with Crippen molar-refractivity contribution in [2.45, 2.75) is 27.7 Å². The van der Waals surface area contributed by atoms with Crippen LogP contribution >= 0.6 is 0 Å². The fraction of sp³-hybridized carbons (Fsp3) is 0.875. The van der Waals surface area contributed by atoms with Crippen LogP contribution < -0.4 is 0 Å². The summed E-state index contributed by atoms with van der Waals surface area (Å²) in [7, 11) is 0. The van der Waals surface area contributed by atoms with E-state index in [2.05, 4.69) is 0 Å². The van der Waals surface area contributed by atoms with Gasteiger partial charge in [0, 0.05) is 6.61 Å². The van der Waals surface area contributed by atoms with Crippen LogP contribution in [0.15, 0.2) is 0 Å². The van der Waals surface area contributed by atoms with E-state index in [0.717, 1.165) is 0 Å². The molecule has 0 saturated carbocycles. The number of hydrogen-bond acceptors (Lipinski definition) is 2. The van der Waals surface area contributed by atoms with Gasteiger partial charge in [-0.15, -0.1) is 0 Å². The smallest absolute Gasteiger partial charge is 0.305 e. The van der Waals surface area contributed by atoms with Gasteiger partial charge in [0.15, 0.2) is 0 Å². The third-order valence-electron chi connectivity index (χ3n) is 0.859. The Kier molecular flexibility index (Phi) is 8.94. The molecule has 0 aliphatic carbocycles. The molecule has 0 aromatic carbocycles. The monoisotopic (exact) mass is 162 g/mol. The van der Waals surface area contributed by atoms with E-state index in [1.165, 1.54) is 0 Å². The number of aliphatic hydroxyl groups is 1. The molecule has 0 bridgehead atoms. The van der Waals surface area contributed by atoms with Gasteiger partial charge in [-0.1, -0.05) is 27.7 Å². The van der Waals surface area contributed by atoms with Gasteiger partial charge in [-0.05, 0) is 5.92 Å². The minimum absolute atomic E-state index is 0.231. The van der Waals surface area contributed by atoms with Crippen molar-refractivity contribution in [1.82, 2.24) is 0 Å². The van der Waals surface area contributed by atoms with Gasteiger partial charge < -0.3 is 10.2 Å². The van der Waals surface area contributed by atoms with Crippen molar-refractivity contribution in [1.29, 1.82) is 0 Å². The van der Waals surface area contributed by atoms with Crippen LogP contribution in [0.3, 0.4) is 0 Å². The molecule has 0 rings (SSSR count). The maximum Gasteiger partial charge on any atom is 0.305 e. The molecule has 0 aromatic heterocycles. The fourth-order valence-electron chi connectivity index (χ4n) is 0. The second-order valence-corrected chi connectivity index (χ2v) is 3.07. The van der Waals surface area contributed by atoms with Crippen molar-refractivity contribution >= 4 is 5.97 Å². The molecule has 0 spiro atoms. The second-order valence-electron chi connectivity index (χ2n) is 3.07. The number of carboxylic acids is 1. The SMILES string of the molecule is CC(C)C(=O)O.CC(C)CO. The first-order valence-corrected chi connectivity index (χ1v) is 3.75. The molecule has 3 heteroatoms.